The summed E-state index contributed by atoms with van der Waals surface area (Å²) in [6.45, 7) is 1.89. The van der Waals surface area contributed by atoms with Crippen molar-refractivity contribution in [3.8, 4) is 0 Å². The molecule has 0 aliphatic rings. The van der Waals surface area contributed by atoms with Crippen molar-refractivity contribution >= 4 is 10.0 Å². The quantitative estimate of drug-likeness (QED) is 0.582. The third kappa shape index (κ3) is 6.00. The van der Waals surface area contributed by atoms with E-state index in [1.807, 2.05) is 0 Å². The van der Waals surface area contributed by atoms with E-state index < -0.39 is 16.1 Å². The molecule has 0 aromatic heterocycles. The van der Waals surface area contributed by atoms with Crippen LogP contribution in [0.15, 0.2) is 0 Å². The molecule has 0 radical (unpaired) electrons. The van der Waals surface area contributed by atoms with E-state index in [0.29, 0.717) is 6.42 Å². The van der Waals surface area contributed by atoms with E-state index in [1.165, 1.54) is 0 Å². The molecular formula is C5H13NO3S. The number of hydrogen-bond donors (Lipinski definition) is 2. The van der Waals surface area contributed by atoms with Crippen LogP contribution in [0.4, 0.5) is 0 Å². The summed E-state index contributed by atoms with van der Waals surface area (Å²) in [6.07, 6.45) is 1.05. The summed E-state index contributed by atoms with van der Waals surface area (Å²) in [7, 11) is -3.14. The molecule has 0 aliphatic heterocycles. The smallest absolute Gasteiger partial charge is 0.208 e. The molecule has 0 aromatic carbocycles. The largest absolute Gasteiger partial charge is 0.392 e. The fourth-order valence-corrected chi connectivity index (χ4v) is 0.887. The van der Waals surface area contributed by atoms with Crippen molar-refractivity contribution in [2.24, 2.45) is 0 Å². The van der Waals surface area contributed by atoms with Crippen LogP contribution in [0.25, 0.3) is 0 Å². The second kappa shape index (κ2) is 3.90. The van der Waals surface area contributed by atoms with Crippen LogP contribution in [-0.2, 0) is 10.0 Å². The van der Waals surface area contributed by atoms with E-state index in [2.05, 4.69) is 4.72 Å². The zero-order chi connectivity index (χ0) is 8.20. The molecule has 10 heavy (non-hydrogen) atoms. The molecule has 0 spiro atoms. The van der Waals surface area contributed by atoms with Crippen molar-refractivity contribution in [3.63, 3.8) is 0 Å². The molecule has 0 rings (SSSR count). The van der Waals surface area contributed by atoms with Gasteiger partial charge in [0.25, 0.3) is 0 Å². The van der Waals surface area contributed by atoms with Crippen LogP contribution in [-0.4, -0.2) is 32.4 Å². The van der Waals surface area contributed by atoms with Gasteiger partial charge in [0.1, 0.15) is 0 Å². The number of sulfonamides is 1. The van der Waals surface area contributed by atoms with E-state index in [0.717, 1.165) is 6.26 Å². The van der Waals surface area contributed by atoms with Crippen LogP contribution in [0.1, 0.15) is 13.3 Å². The maximum absolute atomic E-state index is 10.4. The lowest BCUT2D eigenvalue weighted by Gasteiger charge is -2.06. The lowest BCUT2D eigenvalue weighted by Crippen LogP contribution is -2.30. The summed E-state index contributed by atoms with van der Waals surface area (Å²) < 4.78 is 23.1. The fraction of sp³-hybridized carbons (Fsp3) is 1.00. The highest BCUT2D eigenvalue weighted by Crippen LogP contribution is 1.87. The van der Waals surface area contributed by atoms with Crippen molar-refractivity contribution in [3.05, 3.63) is 0 Å². The van der Waals surface area contributed by atoms with Gasteiger partial charge in [0.2, 0.25) is 10.0 Å². The molecule has 2 N–H and O–H groups in total. The zero-order valence-corrected chi connectivity index (χ0v) is 6.98. The van der Waals surface area contributed by atoms with Gasteiger partial charge in [0, 0.05) is 6.54 Å². The first-order valence-corrected chi connectivity index (χ1v) is 4.97. The second-order valence-corrected chi connectivity index (χ2v) is 4.02. The molecule has 0 saturated carbocycles. The maximum Gasteiger partial charge on any atom is 0.208 e. The minimum Gasteiger partial charge on any atom is -0.392 e. The first-order valence-electron chi connectivity index (χ1n) is 3.08. The molecule has 62 valence electrons. The van der Waals surface area contributed by atoms with Gasteiger partial charge < -0.3 is 5.11 Å². The molecule has 1 atom stereocenters. The highest BCUT2D eigenvalue weighted by atomic mass is 32.2. The van der Waals surface area contributed by atoms with E-state index >= 15 is 0 Å². The Morgan fingerprint density at radius 2 is 2.10 bits per heavy atom. The van der Waals surface area contributed by atoms with E-state index in [-0.39, 0.29) is 6.54 Å². The maximum atomic E-state index is 10.4. The predicted molar refractivity (Wildman–Crippen MR) is 39.1 cm³/mol. The molecule has 0 heterocycles. The Hall–Kier alpha value is -0.130. The van der Waals surface area contributed by atoms with Gasteiger partial charge in [-0.05, 0) is 6.42 Å². The van der Waals surface area contributed by atoms with Crippen LogP contribution in [0.3, 0.4) is 0 Å². The lowest BCUT2D eigenvalue weighted by atomic mass is 10.3. The topological polar surface area (TPSA) is 66.4 Å². The molecule has 0 aromatic rings. The average Bonchev–Trinajstić information content (AvgIpc) is 1.81. The third-order valence-corrected chi connectivity index (χ3v) is 1.74. The highest BCUT2D eigenvalue weighted by molar-refractivity contribution is 7.88. The van der Waals surface area contributed by atoms with E-state index in [4.69, 9.17) is 5.11 Å². The van der Waals surface area contributed by atoms with Crippen LogP contribution >= 0.6 is 0 Å². The Labute approximate surface area is 61.3 Å². The normalized spacial score (nSPS) is 15.1. The van der Waals surface area contributed by atoms with Crippen LogP contribution in [0.2, 0.25) is 0 Å². The van der Waals surface area contributed by atoms with Gasteiger partial charge in [0.05, 0.1) is 12.4 Å². The number of aliphatic hydroxyl groups is 1. The van der Waals surface area contributed by atoms with Gasteiger partial charge in [-0.25, -0.2) is 13.1 Å². The monoisotopic (exact) mass is 167 g/mol. The average molecular weight is 167 g/mol. The summed E-state index contributed by atoms with van der Waals surface area (Å²) in [5.74, 6) is 0. The van der Waals surface area contributed by atoms with Gasteiger partial charge in [-0.1, -0.05) is 6.92 Å². The molecule has 5 heteroatoms. The summed E-state index contributed by atoms with van der Waals surface area (Å²) in [5, 5.41) is 8.89. The summed E-state index contributed by atoms with van der Waals surface area (Å²) in [5.41, 5.74) is 0. The Balaban J connectivity index is 3.56. The Bertz CT molecular complexity index is 175. The highest BCUT2D eigenvalue weighted by Gasteiger charge is 2.04. The molecule has 0 saturated heterocycles. The molecule has 4 nitrogen and oxygen atoms in total. The summed E-state index contributed by atoms with van der Waals surface area (Å²) in [6, 6.07) is 0. The van der Waals surface area contributed by atoms with Crippen LogP contribution in [0, 0.1) is 0 Å². The first kappa shape index (κ1) is 9.87. The van der Waals surface area contributed by atoms with Crippen molar-refractivity contribution < 1.29 is 13.5 Å². The van der Waals surface area contributed by atoms with Crippen molar-refractivity contribution in [2.45, 2.75) is 19.4 Å². The third-order valence-electron chi connectivity index (χ3n) is 1.05. The number of nitrogens with one attached hydrogen (secondary N) is 1. The van der Waals surface area contributed by atoms with E-state index in [1.54, 1.807) is 6.92 Å². The minimum atomic E-state index is -3.14. The zero-order valence-electron chi connectivity index (χ0n) is 6.16. The molecule has 0 bridgehead atoms. The summed E-state index contributed by atoms with van der Waals surface area (Å²) in [4.78, 5) is 0. The lowest BCUT2D eigenvalue weighted by molar-refractivity contribution is 0.174. The number of rotatable bonds is 4. The number of hydrogen-bond acceptors (Lipinski definition) is 3. The predicted octanol–water partition coefficient (Wildman–Crippen LogP) is -0.694. The van der Waals surface area contributed by atoms with Gasteiger partial charge in [-0.2, -0.15) is 0 Å². The fourth-order valence-electron chi connectivity index (χ4n) is 0.392. The standard InChI is InChI=1S/C5H13NO3S/c1-3-5(7)4-6-10(2,8)9/h5-7H,3-4H2,1-2H3. The van der Waals surface area contributed by atoms with Crippen molar-refractivity contribution in [2.75, 3.05) is 12.8 Å². The Kier molecular flexibility index (Phi) is 3.85. The SMILES string of the molecule is CCC(O)CNS(C)(=O)=O. The van der Waals surface area contributed by atoms with E-state index in [9.17, 15) is 8.42 Å². The van der Waals surface area contributed by atoms with Crippen molar-refractivity contribution in [1.29, 1.82) is 0 Å². The van der Waals surface area contributed by atoms with Crippen LogP contribution in [0.5, 0.6) is 0 Å². The summed E-state index contributed by atoms with van der Waals surface area (Å²) >= 11 is 0. The Morgan fingerprint density at radius 1 is 1.60 bits per heavy atom. The molecule has 0 fully saturated rings. The molecule has 1 unspecified atom stereocenters. The minimum absolute atomic E-state index is 0.106. The van der Waals surface area contributed by atoms with Crippen LogP contribution < -0.4 is 4.72 Å². The second-order valence-electron chi connectivity index (χ2n) is 2.18. The van der Waals surface area contributed by atoms with Gasteiger partial charge >= 0.3 is 0 Å². The van der Waals surface area contributed by atoms with Crippen molar-refractivity contribution in [1.82, 2.24) is 4.72 Å². The van der Waals surface area contributed by atoms with Gasteiger partial charge in [-0.3, -0.25) is 0 Å². The Morgan fingerprint density at radius 3 is 2.40 bits per heavy atom. The molecule has 0 amide bonds. The van der Waals surface area contributed by atoms with Gasteiger partial charge in [0.15, 0.2) is 0 Å². The number of aliphatic hydroxyl groups excluding tert-OH is 1. The first-order chi connectivity index (χ1) is 4.45. The van der Waals surface area contributed by atoms with Gasteiger partial charge in [-0.15, -0.1) is 0 Å². The molecule has 0 aliphatic carbocycles. The molecular weight excluding hydrogens is 154 g/mol.